The quantitative estimate of drug-likeness (QED) is 0.603. The molecule has 9 heavy (non-hydrogen) atoms. The van der Waals surface area contributed by atoms with Gasteiger partial charge in [0.05, 0.1) is 7.11 Å². The average molecular weight is 125 g/mol. The third kappa shape index (κ3) is 1.10. The highest BCUT2D eigenvalue weighted by atomic mass is 16.5. The van der Waals surface area contributed by atoms with E-state index in [4.69, 9.17) is 5.11 Å². The third-order valence-corrected chi connectivity index (χ3v) is 0.944. The Kier molecular flexibility index (Phi) is 1.53. The Morgan fingerprint density at radius 3 is 2.89 bits per heavy atom. The molecule has 0 aromatic carbocycles. The molecular weight excluding hydrogens is 118 g/mol. The van der Waals surface area contributed by atoms with Gasteiger partial charge in [-0.15, -0.1) is 0 Å². The Labute approximate surface area is 52.9 Å². The fraction of sp³-hybridized carbons (Fsp3) is 0.167. The maximum absolute atomic E-state index is 8.92. The van der Waals surface area contributed by atoms with Crippen molar-refractivity contribution < 1.29 is 9.84 Å². The van der Waals surface area contributed by atoms with Gasteiger partial charge in [-0.1, -0.05) is 0 Å². The van der Waals surface area contributed by atoms with E-state index in [1.54, 1.807) is 12.3 Å². The Hall–Kier alpha value is -1.25. The van der Waals surface area contributed by atoms with Gasteiger partial charge in [0, 0.05) is 6.20 Å². The molecule has 1 aromatic rings. The fourth-order valence-corrected chi connectivity index (χ4v) is 0.540. The molecule has 0 bridgehead atoms. The molecule has 3 nitrogen and oxygen atoms in total. The van der Waals surface area contributed by atoms with Gasteiger partial charge in [-0.3, -0.25) is 0 Å². The fourth-order valence-electron chi connectivity index (χ4n) is 0.540. The molecule has 1 rings (SSSR count). The summed E-state index contributed by atoms with van der Waals surface area (Å²) in [4.78, 5) is 3.72. The summed E-state index contributed by atoms with van der Waals surface area (Å²) in [6, 6.07) is 3.16. The van der Waals surface area contributed by atoms with Gasteiger partial charge in [-0.2, -0.15) is 0 Å². The van der Waals surface area contributed by atoms with Crippen LogP contribution in [0.25, 0.3) is 0 Å². The minimum Gasteiger partial charge on any atom is -0.503 e. The zero-order valence-electron chi connectivity index (χ0n) is 5.03. The van der Waals surface area contributed by atoms with Crippen molar-refractivity contribution in [3.05, 3.63) is 18.3 Å². The summed E-state index contributed by atoms with van der Waals surface area (Å²) >= 11 is 0. The van der Waals surface area contributed by atoms with Crippen LogP contribution in [0.5, 0.6) is 11.6 Å². The Morgan fingerprint density at radius 1 is 1.67 bits per heavy atom. The molecule has 1 aromatic heterocycles. The van der Waals surface area contributed by atoms with Crippen molar-refractivity contribution in [3.8, 4) is 11.6 Å². The van der Waals surface area contributed by atoms with E-state index in [-0.39, 0.29) is 11.6 Å². The minimum absolute atomic E-state index is 0.0694. The number of aromatic hydroxyl groups is 1. The molecule has 1 heterocycles. The van der Waals surface area contributed by atoms with E-state index in [2.05, 4.69) is 9.72 Å². The van der Waals surface area contributed by atoms with Crippen LogP contribution in [-0.2, 0) is 0 Å². The van der Waals surface area contributed by atoms with E-state index in [1.165, 1.54) is 13.2 Å². The van der Waals surface area contributed by atoms with Gasteiger partial charge in [-0.25, -0.2) is 4.98 Å². The van der Waals surface area contributed by atoms with Gasteiger partial charge in [0.1, 0.15) is 0 Å². The zero-order chi connectivity index (χ0) is 6.69. The third-order valence-electron chi connectivity index (χ3n) is 0.944. The van der Waals surface area contributed by atoms with Crippen LogP contribution >= 0.6 is 0 Å². The van der Waals surface area contributed by atoms with Crippen LogP contribution in [0.15, 0.2) is 18.3 Å². The molecule has 0 aliphatic carbocycles. The molecule has 0 aliphatic heterocycles. The monoisotopic (exact) mass is 125 g/mol. The summed E-state index contributed by atoms with van der Waals surface area (Å²) < 4.78 is 4.68. The first kappa shape index (κ1) is 5.88. The highest BCUT2D eigenvalue weighted by Crippen LogP contribution is 2.19. The molecule has 3 heteroatoms. The molecule has 0 atom stereocenters. The normalized spacial score (nSPS) is 9.00. The molecule has 0 saturated carbocycles. The lowest BCUT2D eigenvalue weighted by Crippen LogP contribution is -1.85. The first-order chi connectivity index (χ1) is 4.34. The number of rotatable bonds is 1. The number of methoxy groups -OCH3 is 1. The largest absolute Gasteiger partial charge is 0.503 e. The lowest BCUT2D eigenvalue weighted by Gasteiger charge is -1.97. The van der Waals surface area contributed by atoms with E-state index in [0.717, 1.165) is 0 Å². The Bertz CT molecular complexity index is 200. The summed E-state index contributed by atoms with van der Waals surface area (Å²) in [5.74, 6) is 0.331. The van der Waals surface area contributed by atoms with Gasteiger partial charge in [0.25, 0.3) is 5.88 Å². The van der Waals surface area contributed by atoms with Gasteiger partial charge in [-0.05, 0) is 12.1 Å². The number of hydrogen-bond donors (Lipinski definition) is 1. The van der Waals surface area contributed by atoms with Crippen molar-refractivity contribution in [1.82, 2.24) is 4.98 Å². The second-order valence-electron chi connectivity index (χ2n) is 1.53. The van der Waals surface area contributed by atoms with Crippen LogP contribution in [0, 0.1) is 0 Å². The van der Waals surface area contributed by atoms with Crippen LogP contribution in [-0.4, -0.2) is 17.2 Å². The minimum atomic E-state index is 0.0694. The SMILES string of the molecule is COc1ncccc1O. The van der Waals surface area contributed by atoms with Crippen LogP contribution in [0.3, 0.4) is 0 Å². The topological polar surface area (TPSA) is 42.4 Å². The summed E-state index contributed by atoms with van der Waals surface area (Å²) in [7, 11) is 1.46. The number of ether oxygens (including phenoxy) is 1. The Balaban J connectivity index is 3.01. The van der Waals surface area contributed by atoms with E-state index in [0.29, 0.717) is 0 Å². The average Bonchev–Trinajstić information content (AvgIpc) is 1.89. The summed E-state index contributed by atoms with van der Waals surface area (Å²) in [6.07, 6.45) is 1.55. The number of hydrogen-bond acceptors (Lipinski definition) is 3. The summed E-state index contributed by atoms with van der Waals surface area (Å²) in [6.45, 7) is 0. The van der Waals surface area contributed by atoms with Gasteiger partial charge in [0.15, 0.2) is 5.75 Å². The maximum atomic E-state index is 8.92. The second-order valence-corrected chi connectivity index (χ2v) is 1.53. The van der Waals surface area contributed by atoms with Gasteiger partial charge in [0.2, 0.25) is 0 Å². The molecule has 0 aliphatic rings. The van der Waals surface area contributed by atoms with E-state index < -0.39 is 0 Å². The van der Waals surface area contributed by atoms with Crippen LogP contribution in [0.2, 0.25) is 0 Å². The van der Waals surface area contributed by atoms with Crippen molar-refractivity contribution in [1.29, 1.82) is 0 Å². The Morgan fingerprint density at radius 2 is 2.44 bits per heavy atom. The molecule has 0 spiro atoms. The molecule has 48 valence electrons. The number of aromatic nitrogens is 1. The van der Waals surface area contributed by atoms with Gasteiger partial charge >= 0.3 is 0 Å². The molecule has 0 fully saturated rings. The van der Waals surface area contributed by atoms with Crippen LogP contribution < -0.4 is 4.74 Å². The van der Waals surface area contributed by atoms with Gasteiger partial charge < -0.3 is 9.84 Å². The highest BCUT2D eigenvalue weighted by molar-refractivity contribution is 5.30. The smallest absolute Gasteiger partial charge is 0.256 e. The first-order valence-electron chi connectivity index (χ1n) is 2.52. The number of nitrogens with zero attached hydrogens (tertiary/aromatic N) is 1. The highest BCUT2D eigenvalue weighted by Gasteiger charge is 1.96. The predicted octanol–water partition coefficient (Wildman–Crippen LogP) is 0.796. The van der Waals surface area contributed by atoms with Crippen molar-refractivity contribution in [2.45, 2.75) is 0 Å². The van der Waals surface area contributed by atoms with E-state index in [1.807, 2.05) is 0 Å². The van der Waals surface area contributed by atoms with Crippen LogP contribution in [0.1, 0.15) is 0 Å². The van der Waals surface area contributed by atoms with Crippen molar-refractivity contribution in [2.75, 3.05) is 7.11 Å². The van der Waals surface area contributed by atoms with Crippen molar-refractivity contribution in [2.24, 2.45) is 0 Å². The molecule has 0 saturated heterocycles. The van der Waals surface area contributed by atoms with Crippen molar-refractivity contribution in [3.63, 3.8) is 0 Å². The summed E-state index contributed by atoms with van der Waals surface area (Å²) in [5.41, 5.74) is 0. The lowest BCUT2D eigenvalue weighted by atomic mass is 10.4. The summed E-state index contributed by atoms with van der Waals surface area (Å²) in [5, 5.41) is 8.92. The molecule has 0 unspecified atom stereocenters. The second kappa shape index (κ2) is 2.35. The molecule has 0 radical (unpaired) electrons. The predicted molar refractivity (Wildman–Crippen MR) is 32.5 cm³/mol. The molecular formula is C6H7NO2. The van der Waals surface area contributed by atoms with E-state index in [9.17, 15) is 0 Å². The van der Waals surface area contributed by atoms with Crippen molar-refractivity contribution >= 4 is 0 Å². The standard InChI is InChI=1S/C6H7NO2/c1-9-6-5(8)3-2-4-7-6/h2-4,8H,1H3. The molecule has 1 N–H and O–H groups in total. The van der Waals surface area contributed by atoms with E-state index >= 15 is 0 Å². The maximum Gasteiger partial charge on any atom is 0.256 e. The lowest BCUT2D eigenvalue weighted by molar-refractivity contribution is 0.358. The number of pyridine rings is 1. The zero-order valence-corrected chi connectivity index (χ0v) is 5.03. The molecule has 0 amide bonds. The first-order valence-corrected chi connectivity index (χ1v) is 2.52. The van der Waals surface area contributed by atoms with Crippen LogP contribution in [0.4, 0.5) is 0 Å².